The number of hydrogen-bond donors (Lipinski definition) is 0. The molecular formula is C18H26N2O3. The highest BCUT2D eigenvalue weighted by Gasteiger charge is 2.43. The van der Waals surface area contributed by atoms with Crippen molar-refractivity contribution in [1.82, 2.24) is 0 Å². The summed E-state index contributed by atoms with van der Waals surface area (Å²) in [5, 5.41) is 0. The van der Waals surface area contributed by atoms with Crippen molar-refractivity contribution in [3.8, 4) is 5.75 Å². The maximum absolute atomic E-state index is 10.4. The Labute approximate surface area is 138 Å². The first-order chi connectivity index (χ1) is 11.1. The van der Waals surface area contributed by atoms with Gasteiger partial charge in [-0.05, 0) is 31.0 Å². The van der Waals surface area contributed by atoms with Crippen LogP contribution in [-0.4, -0.2) is 53.3 Å². The quantitative estimate of drug-likeness (QED) is 0.595. The van der Waals surface area contributed by atoms with Crippen molar-refractivity contribution in [2.75, 3.05) is 56.8 Å². The van der Waals surface area contributed by atoms with Gasteiger partial charge in [0, 0.05) is 57.9 Å². The van der Waals surface area contributed by atoms with Crippen LogP contribution in [0.2, 0.25) is 0 Å². The smallest absolute Gasteiger partial charge is 0.142 e. The molecule has 1 spiro atoms. The second-order valence-corrected chi connectivity index (χ2v) is 6.82. The third-order valence-corrected chi connectivity index (χ3v) is 4.89. The second-order valence-electron chi connectivity index (χ2n) is 6.82. The highest BCUT2D eigenvalue weighted by atomic mass is 16.5. The predicted molar refractivity (Wildman–Crippen MR) is 91.6 cm³/mol. The van der Waals surface area contributed by atoms with Crippen LogP contribution in [0, 0.1) is 5.41 Å². The molecule has 2 aliphatic rings. The van der Waals surface area contributed by atoms with Gasteiger partial charge >= 0.3 is 0 Å². The maximum Gasteiger partial charge on any atom is 0.142 e. The molecule has 5 nitrogen and oxygen atoms in total. The molecule has 0 radical (unpaired) electrons. The molecule has 5 heteroatoms. The number of benzene rings is 1. The summed E-state index contributed by atoms with van der Waals surface area (Å²) < 4.78 is 11.2. The topological polar surface area (TPSA) is 42.0 Å². The van der Waals surface area contributed by atoms with Gasteiger partial charge in [-0.1, -0.05) is 0 Å². The summed E-state index contributed by atoms with van der Waals surface area (Å²) in [6.07, 6.45) is 3.66. The number of anilines is 2. The van der Waals surface area contributed by atoms with Crippen LogP contribution in [0.1, 0.15) is 19.3 Å². The number of carbonyl (C=O) groups is 1. The summed E-state index contributed by atoms with van der Waals surface area (Å²) in [5.41, 5.74) is 2.77. The monoisotopic (exact) mass is 318 g/mol. The number of carbonyl (C=O) groups excluding carboxylic acids is 1. The molecule has 2 fully saturated rings. The van der Waals surface area contributed by atoms with Crippen LogP contribution in [-0.2, 0) is 9.53 Å². The molecule has 2 saturated heterocycles. The van der Waals surface area contributed by atoms with E-state index in [1.54, 1.807) is 0 Å². The van der Waals surface area contributed by atoms with Crippen LogP contribution in [0.5, 0.6) is 5.75 Å². The summed E-state index contributed by atoms with van der Waals surface area (Å²) in [7, 11) is 4.03. The van der Waals surface area contributed by atoms with Gasteiger partial charge in [0.25, 0.3) is 0 Å². The molecule has 0 N–H and O–H groups in total. The van der Waals surface area contributed by atoms with Crippen molar-refractivity contribution < 1.29 is 14.3 Å². The summed E-state index contributed by atoms with van der Waals surface area (Å²) in [4.78, 5) is 14.9. The van der Waals surface area contributed by atoms with Gasteiger partial charge in [-0.2, -0.15) is 0 Å². The first-order valence-corrected chi connectivity index (χ1v) is 8.34. The van der Waals surface area contributed by atoms with E-state index in [2.05, 4.69) is 21.9 Å². The lowest BCUT2D eigenvalue weighted by molar-refractivity contribution is -0.108. The Balaban J connectivity index is 1.69. The van der Waals surface area contributed by atoms with Crippen LogP contribution < -0.4 is 14.5 Å². The summed E-state index contributed by atoms with van der Waals surface area (Å²) >= 11 is 0. The van der Waals surface area contributed by atoms with Crippen LogP contribution >= 0.6 is 0 Å². The molecule has 0 amide bonds. The van der Waals surface area contributed by atoms with Gasteiger partial charge in [0.2, 0.25) is 0 Å². The molecule has 126 valence electrons. The van der Waals surface area contributed by atoms with Gasteiger partial charge in [0.1, 0.15) is 12.0 Å². The average molecular weight is 318 g/mol. The predicted octanol–water partition coefficient (Wildman–Crippen LogP) is 2.34. The zero-order chi connectivity index (χ0) is 16.3. The Bertz CT molecular complexity index is 545. The fraction of sp³-hybridized carbons (Fsp3) is 0.611. The molecule has 0 atom stereocenters. The van der Waals surface area contributed by atoms with Crippen molar-refractivity contribution >= 4 is 17.7 Å². The molecule has 0 unspecified atom stereocenters. The molecule has 0 bridgehead atoms. The molecule has 2 aliphatic heterocycles. The van der Waals surface area contributed by atoms with E-state index in [9.17, 15) is 4.79 Å². The minimum absolute atomic E-state index is 0.422. The molecule has 1 aromatic carbocycles. The molecule has 1 aromatic rings. The number of aldehydes is 1. The largest absolute Gasteiger partial charge is 0.491 e. The number of rotatable bonds is 6. The van der Waals surface area contributed by atoms with Crippen molar-refractivity contribution in [2.24, 2.45) is 5.41 Å². The van der Waals surface area contributed by atoms with E-state index in [1.807, 2.05) is 20.2 Å². The standard InChI is InChI=1S/C18H26N2O3/c1-19(2)16-12-15(4-5-17(16)23-9-3-8-21)20-13-18(14-20)6-10-22-11-7-18/h4-5,8,12H,3,6-7,9-11,13-14H2,1-2H3. The molecule has 3 rings (SSSR count). The first kappa shape index (κ1) is 16.1. The van der Waals surface area contributed by atoms with Crippen LogP contribution in [0.25, 0.3) is 0 Å². The van der Waals surface area contributed by atoms with Crippen LogP contribution in [0.4, 0.5) is 11.4 Å². The van der Waals surface area contributed by atoms with E-state index in [0.29, 0.717) is 18.4 Å². The minimum Gasteiger partial charge on any atom is -0.491 e. The molecule has 23 heavy (non-hydrogen) atoms. The lowest BCUT2D eigenvalue weighted by Crippen LogP contribution is -2.58. The van der Waals surface area contributed by atoms with E-state index in [0.717, 1.165) is 44.0 Å². The van der Waals surface area contributed by atoms with Gasteiger partial charge in [-0.25, -0.2) is 0 Å². The minimum atomic E-state index is 0.422. The fourth-order valence-corrected chi connectivity index (χ4v) is 3.46. The zero-order valence-electron chi connectivity index (χ0n) is 14.1. The van der Waals surface area contributed by atoms with E-state index in [-0.39, 0.29) is 0 Å². The number of nitrogens with zero attached hydrogens (tertiary/aromatic N) is 2. The van der Waals surface area contributed by atoms with Crippen LogP contribution in [0.15, 0.2) is 18.2 Å². The van der Waals surface area contributed by atoms with Crippen molar-refractivity contribution in [3.63, 3.8) is 0 Å². The number of hydrogen-bond acceptors (Lipinski definition) is 5. The molecule has 0 aromatic heterocycles. The maximum atomic E-state index is 10.4. The highest BCUT2D eigenvalue weighted by Crippen LogP contribution is 2.43. The highest BCUT2D eigenvalue weighted by molar-refractivity contribution is 5.67. The molecule has 0 aliphatic carbocycles. The zero-order valence-corrected chi connectivity index (χ0v) is 14.1. The lowest BCUT2D eigenvalue weighted by Gasteiger charge is -2.53. The summed E-state index contributed by atoms with van der Waals surface area (Å²) in [6, 6.07) is 6.32. The Morgan fingerprint density at radius 1 is 1.30 bits per heavy atom. The SMILES string of the molecule is CN(C)c1cc(N2CC3(CCOCC3)C2)ccc1OCCC=O. The molecule has 2 heterocycles. The van der Waals surface area contributed by atoms with Gasteiger partial charge in [-0.3, -0.25) is 0 Å². The van der Waals surface area contributed by atoms with Gasteiger partial charge in [0.05, 0.1) is 12.3 Å². The normalized spacial score (nSPS) is 19.3. The van der Waals surface area contributed by atoms with Crippen molar-refractivity contribution in [3.05, 3.63) is 18.2 Å². The molecular weight excluding hydrogens is 292 g/mol. The van der Waals surface area contributed by atoms with E-state index in [4.69, 9.17) is 9.47 Å². The molecule has 0 saturated carbocycles. The van der Waals surface area contributed by atoms with Gasteiger partial charge < -0.3 is 24.1 Å². The summed E-state index contributed by atoms with van der Waals surface area (Å²) in [6.45, 7) is 4.47. The summed E-state index contributed by atoms with van der Waals surface area (Å²) in [5.74, 6) is 0.835. The van der Waals surface area contributed by atoms with Gasteiger partial charge in [-0.15, -0.1) is 0 Å². The first-order valence-electron chi connectivity index (χ1n) is 8.34. The number of ether oxygens (including phenoxy) is 2. The van der Waals surface area contributed by atoms with E-state index in [1.165, 1.54) is 18.5 Å². The Morgan fingerprint density at radius 2 is 2.04 bits per heavy atom. The van der Waals surface area contributed by atoms with Crippen molar-refractivity contribution in [2.45, 2.75) is 19.3 Å². The Morgan fingerprint density at radius 3 is 2.70 bits per heavy atom. The Hall–Kier alpha value is -1.75. The van der Waals surface area contributed by atoms with Crippen LogP contribution in [0.3, 0.4) is 0 Å². The Kier molecular flexibility index (Phi) is 4.76. The fourth-order valence-electron chi connectivity index (χ4n) is 3.46. The average Bonchev–Trinajstić information content (AvgIpc) is 2.53. The van der Waals surface area contributed by atoms with E-state index >= 15 is 0 Å². The van der Waals surface area contributed by atoms with Crippen molar-refractivity contribution in [1.29, 1.82) is 0 Å². The van der Waals surface area contributed by atoms with E-state index < -0.39 is 0 Å². The van der Waals surface area contributed by atoms with Gasteiger partial charge in [0.15, 0.2) is 0 Å². The third-order valence-electron chi connectivity index (χ3n) is 4.89. The third kappa shape index (κ3) is 3.44. The second kappa shape index (κ2) is 6.79. The lowest BCUT2D eigenvalue weighted by atomic mass is 9.73.